The second-order valence-electron chi connectivity index (χ2n) is 3.33. The van der Waals surface area contributed by atoms with E-state index in [9.17, 15) is 9.59 Å². The lowest BCUT2D eigenvalue weighted by Crippen LogP contribution is -2.43. The summed E-state index contributed by atoms with van der Waals surface area (Å²) in [7, 11) is 1.40. The van der Waals surface area contributed by atoms with Crippen LogP contribution >= 0.6 is 0 Å². The van der Waals surface area contributed by atoms with Gasteiger partial charge in [0, 0.05) is 19.7 Å². The van der Waals surface area contributed by atoms with Crippen molar-refractivity contribution in [1.82, 2.24) is 10.6 Å². The first kappa shape index (κ1) is 14.4. The number of rotatable bonds is 7. The number of carboxylic acids is 1. The van der Waals surface area contributed by atoms with Gasteiger partial charge < -0.3 is 20.5 Å². The Morgan fingerprint density at radius 3 is 2.62 bits per heavy atom. The van der Waals surface area contributed by atoms with Crippen molar-refractivity contribution in [1.29, 1.82) is 0 Å². The van der Waals surface area contributed by atoms with E-state index in [1.807, 2.05) is 0 Å². The highest BCUT2D eigenvalue weighted by Crippen LogP contribution is 1.95. The number of carboxylic acid groups (broad SMARTS) is 1. The van der Waals surface area contributed by atoms with Crippen LogP contribution < -0.4 is 10.6 Å². The van der Waals surface area contributed by atoms with Crippen LogP contribution in [0.4, 0.5) is 4.79 Å². The number of nitrogens with one attached hydrogen (secondary N) is 2. The summed E-state index contributed by atoms with van der Waals surface area (Å²) in [5.41, 5.74) is 0. The molecular weight excluding hydrogens is 212 g/mol. The Balaban J connectivity index is 3.87. The summed E-state index contributed by atoms with van der Waals surface area (Å²) < 4.78 is 4.90. The Morgan fingerprint density at radius 1 is 1.56 bits per heavy atom. The first-order chi connectivity index (χ1) is 7.49. The van der Waals surface area contributed by atoms with E-state index in [0.29, 0.717) is 0 Å². The molecule has 0 aromatic heterocycles. The molecule has 0 aromatic rings. The zero-order valence-electron chi connectivity index (χ0n) is 9.53. The minimum Gasteiger partial charge on any atom is -0.481 e. The van der Waals surface area contributed by atoms with Crippen molar-refractivity contribution < 1.29 is 19.4 Å². The van der Waals surface area contributed by atoms with Gasteiger partial charge in [0.2, 0.25) is 0 Å². The van der Waals surface area contributed by atoms with Gasteiger partial charge in [-0.1, -0.05) is 6.08 Å². The maximum absolute atomic E-state index is 11.2. The summed E-state index contributed by atoms with van der Waals surface area (Å²) in [6, 6.07) is -0.514. The van der Waals surface area contributed by atoms with Crippen LogP contribution in [0.1, 0.15) is 13.3 Å². The number of urea groups is 1. The fourth-order valence-corrected chi connectivity index (χ4v) is 0.957. The molecule has 0 aliphatic carbocycles. The minimum absolute atomic E-state index is 0.138. The van der Waals surface area contributed by atoms with Crippen LogP contribution in [0.15, 0.2) is 12.7 Å². The molecule has 0 saturated carbocycles. The highest BCUT2D eigenvalue weighted by Gasteiger charge is 2.13. The van der Waals surface area contributed by atoms with Gasteiger partial charge in [0.1, 0.15) is 0 Å². The molecule has 92 valence electrons. The van der Waals surface area contributed by atoms with Crippen molar-refractivity contribution in [3.63, 3.8) is 0 Å². The molecule has 0 aliphatic heterocycles. The van der Waals surface area contributed by atoms with Gasteiger partial charge in [0.25, 0.3) is 0 Å². The fraction of sp³-hybridized carbons (Fsp3) is 0.600. The summed E-state index contributed by atoms with van der Waals surface area (Å²) in [6.07, 6.45) is 0.917. The summed E-state index contributed by atoms with van der Waals surface area (Å²) >= 11 is 0. The van der Waals surface area contributed by atoms with E-state index < -0.39 is 12.1 Å². The standard InChI is InChI=1S/C10H18N2O4/c1-4-7(2)12-10(15)11-6-8(16-3)5-9(13)14/h4,7-8H,1,5-6H2,2-3H3,(H,13,14)(H2,11,12,15). The lowest BCUT2D eigenvalue weighted by molar-refractivity contribution is -0.139. The number of carbonyl (C=O) groups excluding carboxylic acids is 1. The van der Waals surface area contributed by atoms with Crippen LogP contribution in [0.25, 0.3) is 0 Å². The lowest BCUT2D eigenvalue weighted by atomic mass is 10.2. The van der Waals surface area contributed by atoms with Crippen LogP contribution in [-0.4, -0.2) is 42.9 Å². The predicted molar refractivity (Wildman–Crippen MR) is 59.2 cm³/mol. The van der Waals surface area contributed by atoms with E-state index in [0.717, 1.165) is 0 Å². The van der Waals surface area contributed by atoms with Crippen molar-refractivity contribution in [2.24, 2.45) is 0 Å². The Labute approximate surface area is 94.7 Å². The molecule has 0 rings (SSSR count). The van der Waals surface area contributed by atoms with Crippen LogP contribution in [-0.2, 0) is 9.53 Å². The fourth-order valence-electron chi connectivity index (χ4n) is 0.957. The number of carbonyl (C=O) groups is 2. The lowest BCUT2D eigenvalue weighted by Gasteiger charge is -2.15. The molecule has 0 spiro atoms. The van der Waals surface area contributed by atoms with E-state index in [-0.39, 0.29) is 25.0 Å². The largest absolute Gasteiger partial charge is 0.481 e. The number of amides is 2. The van der Waals surface area contributed by atoms with Crippen LogP contribution in [0, 0.1) is 0 Å². The van der Waals surface area contributed by atoms with E-state index in [1.54, 1.807) is 13.0 Å². The van der Waals surface area contributed by atoms with Gasteiger partial charge in [-0.05, 0) is 6.92 Å². The summed E-state index contributed by atoms with van der Waals surface area (Å²) in [6.45, 7) is 5.45. The van der Waals surface area contributed by atoms with Crippen molar-refractivity contribution >= 4 is 12.0 Å². The molecule has 0 heterocycles. The molecule has 2 atom stereocenters. The molecule has 0 fully saturated rings. The van der Waals surface area contributed by atoms with Crippen molar-refractivity contribution in [3.05, 3.63) is 12.7 Å². The van der Waals surface area contributed by atoms with Crippen molar-refractivity contribution in [2.75, 3.05) is 13.7 Å². The molecule has 6 nitrogen and oxygen atoms in total. The normalized spacial score (nSPS) is 13.6. The van der Waals surface area contributed by atoms with Crippen LogP contribution in [0.2, 0.25) is 0 Å². The zero-order chi connectivity index (χ0) is 12.6. The second kappa shape index (κ2) is 7.70. The minimum atomic E-state index is -0.964. The second-order valence-corrected chi connectivity index (χ2v) is 3.33. The van der Waals surface area contributed by atoms with Gasteiger partial charge in [0.15, 0.2) is 0 Å². The van der Waals surface area contributed by atoms with E-state index in [4.69, 9.17) is 9.84 Å². The smallest absolute Gasteiger partial charge is 0.315 e. The van der Waals surface area contributed by atoms with Gasteiger partial charge >= 0.3 is 12.0 Å². The number of ether oxygens (including phenoxy) is 1. The van der Waals surface area contributed by atoms with Gasteiger partial charge in [-0.3, -0.25) is 4.79 Å². The van der Waals surface area contributed by atoms with Crippen molar-refractivity contribution in [2.45, 2.75) is 25.5 Å². The van der Waals surface area contributed by atoms with Crippen molar-refractivity contribution in [3.8, 4) is 0 Å². The topological polar surface area (TPSA) is 87.7 Å². The van der Waals surface area contributed by atoms with E-state index >= 15 is 0 Å². The Bertz CT molecular complexity index is 255. The molecule has 0 radical (unpaired) electrons. The molecule has 0 saturated heterocycles. The molecule has 6 heteroatoms. The van der Waals surface area contributed by atoms with Gasteiger partial charge in [-0.2, -0.15) is 0 Å². The molecule has 0 aromatic carbocycles. The Morgan fingerprint density at radius 2 is 2.19 bits per heavy atom. The molecule has 16 heavy (non-hydrogen) atoms. The maximum Gasteiger partial charge on any atom is 0.315 e. The van der Waals surface area contributed by atoms with E-state index in [2.05, 4.69) is 17.2 Å². The third-order valence-electron chi connectivity index (χ3n) is 1.94. The first-order valence-electron chi connectivity index (χ1n) is 4.91. The number of hydrogen-bond acceptors (Lipinski definition) is 3. The molecule has 0 bridgehead atoms. The maximum atomic E-state index is 11.2. The molecular formula is C10H18N2O4. The monoisotopic (exact) mass is 230 g/mol. The molecule has 2 unspecified atom stereocenters. The molecule has 3 N–H and O–H groups in total. The average Bonchev–Trinajstić information content (AvgIpc) is 2.23. The summed E-state index contributed by atoms with van der Waals surface area (Å²) in [5, 5.41) is 13.7. The number of methoxy groups -OCH3 is 1. The predicted octanol–water partition coefficient (Wildman–Crippen LogP) is 0.350. The van der Waals surface area contributed by atoms with Gasteiger partial charge in [-0.15, -0.1) is 6.58 Å². The van der Waals surface area contributed by atoms with Gasteiger partial charge in [0.05, 0.1) is 12.5 Å². The quantitative estimate of drug-likeness (QED) is 0.551. The van der Waals surface area contributed by atoms with E-state index in [1.165, 1.54) is 7.11 Å². The highest BCUT2D eigenvalue weighted by molar-refractivity contribution is 5.74. The Hall–Kier alpha value is -1.56. The SMILES string of the molecule is C=CC(C)NC(=O)NCC(CC(=O)O)OC. The summed E-state index contributed by atoms with van der Waals surface area (Å²) in [5.74, 6) is -0.964. The average molecular weight is 230 g/mol. The molecule has 2 amide bonds. The highest BCUT2D eigenvalue weighted by atomic mass is 16.5. The Kier molecular flexibility index (Phi) is 6.95. The number of aliphatic carboxylic acids is 1. The first-order valence-corrected chi connectivity index (χ1v) is 4.91. The van der Waals surface area contributed by atoms with Gasteiger partial charge in [-0.25, -0.2) is 4.79 Å². The third kappa shape index (κ3) is 6.83. The third-order valence-corrected chi connectivity index (χ3v) is 1.94. The number of hydrogen-bond donors (Lipinski definition) is 3. The van der Waals surface area contributed by atoms with Crippen LogP contribution in [0.5, 0.6) is 0 Å². The zero-order valence-corrected chi connectivity index (χ0v) is 9.53. The molecule has 0 aliphatic rings. The summed E-state index contributed by atoms with van der Waals surface area (Å²) in [4.78, 5) is 21.7. The van der Waals surface area contributed by atoms with Crippen LogP contribution in [0.3, 0.4) is 0 Å².